The Balaban J connectivity index is 2.99. The van der Waals surface area contributed by atoms with Crippen LogP contribution in [-0.2, 0) is 9.68 Å². The van der Waals surface area contributed by atoms with Gasteiger partial charge in [0.05, 0.1) is 18.1 Å². The number of aliphatic hydroxyl groups excluding tert-OH is 2. The number of nitrogens with one attached hydrogen (secondary N) is 1. The van der Waals surface area contributed by atoms with Crippen molar-refractivity contribution in [2.45, 2.75) is 0 Å². The van der Waals surface area contributed by atoms with Crippen LogP contribution in [0.5, 0.6) is 0 Å². The van der Waals surface area contributed by atoms with Crippen molar-refractivity contribution in [1.29, 1.82) is 0 Å². The van der Waals surface area contributed by atoms with Gasteiger partial charge >= 0.3 is 0 Å². The van der Waals surface area contributed by atoms with Crippen LogP contribution in [-0.4, -0.2) is 48.6 Å². The zero-order chi connectivity index (χ0) is 15.0. The Morgan fingerprint density at radius 3 is 2.35 bits per heavy atom. The fourth-order valence-corrected chi connectivity index (χ4v) is 1.43. The summed E-state index contributed by atoms with van der Waals surface area (Å²) in [4.78, 5) is 20.6. The van der Waals surface area contributed by atoms with Crippen LogP contribution < -0.4 is 10.5 Å². The molecule has 0 unspecified atom stereocenters. The largest absolute Gasteiger partial charge is 0.394 e. The monoisotopic (exact) mass is 287 g/mol. The smallest absolute Gasteiger partial charge is 0.294 e. The quantitative estimate of drug-likeness (QED) is 0.438. The molecule has 0 radical (unpaired) electrons. The Hall–Kier alpha value is -1.94. The highest BCUT2D eigenvalue weighted by molar-refractivity contribution is 5.67. The lowest BCUT2D eigenvalue weighted by Crippen LogP contribution is -2.27. The Kier molecular flexibility index (Phi) is 6.67. The van der Waals surface area contributed by atoms with Crippen LogP contribution in [0.3, 0.4) is 0 Å². The van der Waals surface area contributed by atoms with E-state index in [2.05, 4.69) is 5.32 Å². The van der Waals surface area contributed by atoms with E-state index < -0.39 is 4.92 Å². The summed E-state index contributed by atoms with van der Waals surface area (Å²) in [6.45, 7) is -0.578. The van der Waals surface area contributed by atoms with Crippen molar-refractivity contribution in [3.05, 3.63) is 28.3 Å². The van der Waals surface area contributed by atoms with Crippen molar-refractivity contribution >= 4 is 17.1 Å². The zero-order valence-electron chi connectivity index (χ0n) is 11.0. The summed E-state index contributed by atoms with van der Waals surface area (Å²) < 4.78 is 0. The molecule has 9 nitrogen and oxygen atoms in total. The van der Waals surface area contributed by atoms with Crippen LogP contribution >= 0.6 is 0 Å². The van der Waals surface area contributed by atoms with Crippen molar-refractivity contribution in [2.24, 2.45) is 0 Å². The molecule has 1 aromatic rings. The minimum Gasteiger partial charge on any atom is -0.394 e. The van der Waals surface area contributed by atoms with Crippen molar-refractivity contribution in [1.82, 2.24) is 0 Å². The van der Waals surface area contributed by atoms with Gasteiger partial charge in [0.25, 0.3) is 5.69 Å². The van der Waals surface area contributed by atoms with Crippen molar-refractivity contribution in [3.63, 3.8) is 0 Å². The third-order valence-corrected chi connectivity index (χ3v) is 2.26. The molecule has 0 spiro atoms. The molecule has 0 aromatic heterocycles. The second kappa shape index (κ2) is 8.27. The first-order valence-electron chi connectivity index (χ1n) is 5.88. The average Bonchev–Trinajstić information content (AvgIpc) is 2.46. The maximum absolute atomic E-state index is 11.0. The van der Waals surface area contributed by atoms with Gasteiger partial charge in [-0.05, 0) is 12.1 Å². The number of rotatable bonds is 9. The highest BCUT2D eigenvalue weighted by Crippen LogP contribution is 2.29. The predicted molar refractivity (Wildman–Crippen MR) is 71.2 cm³/mol. The van der Waals surface area contributed by atoms with Crippen molar-refractivity contribution < 1.29 is 24.8 Å². The topological polar surface area (TPSA) is 117 Å². The van der Waals surface area contributed by atoms with Gasteiger partial charge in [-0.2, -0.15) is 0 Å². The summed E-state index contributed by atoms with van der Waals surface area (Å²) in [7, 11) is 1.57. The summed E-state index contributed by atoms with van der Waals surface area (Å²) in [6, 6.07) is 4.32. The molecule has 0 heterocycles. The Morgan fingerprint density at radius 1 is 1.30 bits per heavy atom. The molecule has 20 heavy (non-hydrogen) atoms. The molecule has 1 aromatic carbocycles. The van der Waals surface area contributed by atoms with E-state index in [9.17, 15) is 10.1 Å². The SMILES string of the molecule is CNc1ccc(N(OCCO)OCCO)cc1[N+](=O)[O-]. The molecule has 0 bridgehead atoms. The van der Waals surface area contributed by atoms with E-state index in [1.54, 1.807) is 13.1 Å². The number of aliphatic hydroxyl groups is 2. The molecule has 0 aliphatic carbocycles. The maximum Gasteiger partial charge on any atom is 0.294 e. The van der Waals surface area contributed by atoms with Crippen molar-refractivity contribution in [3.8, 4) is 0 Å². The summed E-state index contributed by atoms with van der Waals surface area (Å²) in [5.41, 5.74) is 0.482. The third-order valence-electron chi connectivity index (χ3n) is 2.26. The van der Waals surface area contributed by atoms with Crippen LogP contribution in [0, 0.1) is 10.1 Å². The second-order valence-electron chi connectivity index (χ2n) is 3.58. The molecule has 3 N–H and O–H groups in total. The van der Waals surface area contributed by atoms with Crippen LogP contribution in [0.2, 0.25) is 0 Å². The van der Waals surface area contributed by atoms with Crippen LogP contribution in [0.4, 0.5) is 17.1 Å². The van der Waals surface area contributed by atoms with Gasteiger partial charge in [0, 0.05) is 13.1 Å². The first-order chi connectivity index (χ1) is 9.63. The van der Waals surface area contributed by atoms with Gasteiger partial charge in [0.15, 0.2) is 0 Å². The summed E-state index contributed by atoms with van der Waals surface area (Å²) in [5, 5.41) is 32.1. The molecule has 0 atom stereocenters. The molecule has 0 saturated carbocycles. The number of anilines is 2. The lowest BCUT2D eigenvalue weighted by molar-refractivity contribution is -0.383. The van der Waals surface area contributed by atoms with Crippen LogP contribution in [0.25, 0.3) is 0 Å². The summed E-state index contributed by atoms with van der Waals surface area (Å²) in [5.74, 6) is 0. The minimum absolute atomic E-state index is 0.0486. The second-order valence-corrected chi connectivity index (χ2v) is 3.58. The Bertz CT molecular complexity index is 434. The van der Waals surface area contributed by atoms with Gasteiger partial charge in [-0.3, -0.25) is 10.1 Å². The van der Waals surface area contributed by atoms with Gasteiger partial charge in [-0.1, -0.05) is 0 Å². The number of hydrogen-bond acceptors (Lipinski definition) is 8. The van der Waals surface area contributed by atoms with E-state index in [1.165, 1.54) is 12.1 Å². The van der Waals surface area contributed by atoms with E-state index in [0.717, 1.165) is 5.23 Å². The molecule has 0 aliphatic rings. The fourth-order valence-electron chi connectivity index (χ4n) is 1.43. The highest BCUT2D eigenvalue weighted by Gasteiger charge is 2.17. The molecule has 112 valence electrons. The van der Waals surface area contributed by atoms with E-state index in [4.69, 9.17) is 19.9 Å². The zero-order valence-corrected chi connectivity index (χ0v) is 11.0. The van der Waals surface area contributed by atoms with Crippen LogP contribution in [0.1, 0.15) is 0 Å². The van der Waals surface area contributed by atoms with E-state index >= 15 is 0 Å². The Labute approximate surface area is 115 Å². The number of nitrogens with zero attached hydrogens (tertiary/aromatic N) is 2. The summed E-state index contributed by atoms with van der Waals surface area (Å²) >= 11 is 0. The molecule has 9 heteroatoms. The maximum atomic E-state index is 11.0. The predicted octanol–water partition coefficient (Wildman–Crippen LogP) is 0.291. The molecule has 0 amide bonds. The van der Waals surface area contributed by atoms with E-state index in [0.29, 0.717) is 5.69 Å². The average molecular weight is 287 g/mol. The number of nitro benzene ring substituents is 1. The lowest BCUT2D eigenvalue weighted by atomic mass is 10.2. The highest BCUT2D eigenvalue weighted by atomic mass is 16.9. The normalized spacial score (nSPS) is 10.3. The van der Waals surface area contributed by atoms with Crippen LogP contribution in [0.15, 0.2) is 18.2 Å². The summed E-state index contributed by atoms with van der Waals surface area (Å²) in [6.07, 6.45) is 0. The minimum atomic E-state index is -0.536. The number of nitro groups is 1. The Morgan fingerprint density at radius 2 is 1.90 bits per heavy atom. The first kappa shape index (κ1) is 16.1. The van der Waals surface area contributed by atoms with Crippen molar-refractivity contribution in [2.75, 3.05) is 44.0 Å². The number of benzene rings is 1. The molecule has 1 rings (SSSR count). The number of hydrogen-bond donors (Lipinski definition) is 3. The van der Waals surface area contributed by atoms with Gasteiger partial charge < -0.3 is 15.5 Å². The standard InChI is InChI=1S/C11H17N3O6/c1-12-10-3-2-9(8-11(10)13(17)18)14(19-6-4-15)20-7-5-16/h2-3,8,12,15-16H,4-7H2,1H3. The molecule has 0 saturated heterocycles. The first-order valence-corrected chi connectivity index (χ1v) is 5.88. The molecular weight excluding hydrogens is 270 g/mol. The fraction of sp³-hybridized carbons (Fsp3) is 0.455. The molecule has 0 fully saturated rings. The lowest BCUT2D eigenvalue weighted by Gasteiger charge is -2.22. The van der Waals surface area contributed by atoms with E-state index in [-0.39, 0.29) is 37.8 Å². The third kappa shape index (κ3) is 4.31. The van der Waals surface area contributed by atoms with Gasteiger partial charge in [0.2, 0.25) is 0 Å². The van der Waals surface area contributed by atoms with Gasteiger partial charge in [0.1, 0.15) is 24.6 Å². The van der Waals surface area contributed by atoms with Gasteiger partial charge in [-0.15, -0.1) is 5.23 Å². The molecule has 0 aliphatic heterocycles. The molecular formula is C11H17N3O6. The van der Waals surface area contributed by atoms with E-state index in [1.807, 2.05) is 0 Å². The van der Waals surface area contributed by atoms with Gasteiger partial charge in [-0.25, -0.2) is 9.68 Å².